The largest absolute Gasteiger partial charge is 0.344 e. The number of aldehydes is 1. The first-order chi connectivity index (χ1) is 16.3. The third kappa shape index (κ3) is 4.17. The van der Waals surface area contributed by atoms with Crippen molar-refractivity contribution in [3.8, 4) is 0 Å². The maximum absolute atomic E-state index is 10.7. The van der Waals surface area contributed by atoms with Crippen molar-refractivity contribution in [1.29, 1.82) is 0 Å². The highest BCUT2D eigenvalue weighted by atomic mass is 16.1. The summed E-state index contributed by atoms with van der Waals surface area (Å²) in [6.45, 7) is 13.5. The number of carbonyl (C=O) groups is 1. The second kappa shape index (κ2) is 9.74. The van der Waals surface area contributed by atoms with E-state index in [0.29, 0.717) is 6.42 Å². The molecule has 0 aliphatic carbocycles. The maximum atomic E-state index is 10.7. The number of hydrogen-bond donors (Lipinski definition) is 0. The molecule has 0 fully saturated rings. The molecule has 2 heterocycles. The van der Waals surface area contributed by atoms with E-state index in [1.54, 1.807) is 0 Å². The van der Waals surface area contributed by atoms with Gasteiger partial charge in [-0.05, 0) is 51.3 Å². The Morgan fingerprint density at radius 2 is 1.59 bits per heavy atom. The Kier molecular flexibility index (Phi) is 6.93. The predicted molar refractivity (Wildman–Crippen MR) is 144 cm³/mol. The van der Waals surface area contributed by atoms with E-state index in [1.165, 1.54) is 33.9 Å². The molecular weight excluding hydrogens is 416 g/mol. The molecule has 0 atom stereocenters. The fraction of sp³-hybridized carbons (Fsp3) is 0.419. The van der Waals surface area contributed by atoms with Crippen LogP contribution >= 0.6 is 0 Å². The van der Waals surface area contributed by atoms with Crippen LogP contribution in [-0.2, 0) is 15.6 Å². The van der Waals surface area contributed by atoms with Gasteiger partial charge in [0.1, 0.15) is 12.8 Å². The minimum Gasteiger partial charge on any atom is -0.344 e. The average Bonchev–Trinajstić information content (AvgIpc) is 3.18. The zero-order valence-corrected chi connectivity index (χ0v) is 21.5. The number of benzene rings is 2. The Hall–Kier alpha value is -2.94. The van der Waals surface area contributed by atoms with Gasteiger partial charge in [-0.1, -0.05) is 56.3 Å². The number of allylic oxidation sites excluding steroid dienone is 4. The summed E-state index contributed by atoms with van der Waals surface area (Å²) < 4.78 is 2.50. The molecule has 3 heteroatoms. The Balaban J connectivity index is 1.67. The van der Waals surface area contributed by atoms with Crippen molar-refractivity contribution in [2.45, 2.75) is 71.1 Å². The number of rotatable bonds is 9. The van der Waals surface area contributed by atoms with Crippen molar-refractivity contribution < 1.29 is 9.37 Å². The highest BCUT2D eigenvalue weighted by molar-refractivity contribution is 6.03. The second-order valence-electron chi connectivity index (χ2n) is 10.5. The van der Waals surface area contributed by atoms with Crippen LogP contribution in [0, 0.1) is 0 Å². The van der Waals surface area contributed by atoms with Gasteiger partial charge in [0.25, 0.3) is 0 Å². The maximum Gasteiger partial charge on any atom is 0.209 e. The number of likely N-dealkylation sites (N-methyl/N-ethyl adjacent to an activating group) is 1. The Morgan fingerprint density at radius 3 is 2.32 bits per heavy atom. The van der Waals surface area contributed by atoms with Gasteiger partial charge in [0.15, 0.2) is 5.71 Å². The first kappa shape index (κ1) is 24.2. The summed E-state index contributed by atoms with van der Waals surface area (Å²) in [5.41, 5.74) is 8.06. The lowest BCUT2D eigenvalue weighted by Gasteiger charge is -2.25. The smallest absolute Gasteiger partial charge is 0.209 e. The summed E-state index contributed by atoms with van der Waals surface area (Å²) in [5, 5.41) is 0. The highest BCUT2D eigenvalue weighted by Crippen LogP contribution is 2.47. The first-order valence-corrected chi connectivity index (χ1v) is 12.8. The molecule has 0 saturated heterocycles. The van der Waals surface area contributed by atoms with Crippen molar-refractivity contribution in [2.75, 3.05) is 18.0 Å². The monoisotopic (exact) mass is 455 g/mol. The molecule has 2 aromatic rings. The normalized spacial score (nSPS) is 19.2. The first-order valence-electron chi connectivity index (χ1n) is 12.8. The van der Waals surface area contributed by atoms with E-state index in [0.717, 1.165) is 38.6 Å². The molecule has 2 aliphatic heterocycles. The Morgan fingerprint density at radius 1 is 0.882 bits per heavy atom. The third-order valence-electron chi connectivity index (χ3n) is 7.63. The van der Waals surface area contributed by atoms with Gasteiger partial charge in [0.2, 0.25) is 5.69 Å². The molecule has 0 aromatic heterocycles. The highest BCUT2D eigenvalue weighted by Gasteiger charge is 2.44. The van der Waals surface area contributed by atoms with Gasteiger partial charge >= 0.3 is 0 Å². The van der Waals surface area contributed by atoms with Gasteiger partial charge in [0, 0.05) is 53.9 Å². The molecule has 0 N–H and O–H groups in total. The van der Waals surface area contributed by atoms with E-state index in [2.05, 4.69) is 111 Å². The van der Waals surface area contributed by atoms with Gasteiger partial charge in [-0.15, -0.1) is 0 Å². The lowest BCUT2D eigenvalue weighted by molar-refractivity contribution is -0.438. The Bertz CT molecular complexity index is 1150. The number of hydrogen-bond acceptors (Lipinski definition) is 2. The number of nitrogens with zero attached hydrogens (tertiary/aromatic N) is 2. The van der Waals surface area contributed by atoms with E-state index >= 15 is 0 Å². The summed E-state index contributed by atoms with van der Waals surface area (Å²) in [7, 11) is 0. The molecule has 0 spiro atoms. The van der Waals surface area contributed by atoms with E-state index in [-0.39, 0.29) is 10.8 Å². The Labute approximate surface area is 205 Å². The molecule has 178 valence electrons. The summed E-state index contributed by atoms with van der Waals surface area (Å²) in [6.07, 6.45) is 11.7. The summed E-state index contributed by atoms with van der Waals surface area (Å²) in [5.74, 6) is 0. The fourth-order valence-corrected chi connectivity index (χ4v) is 5.77. The topological polar surface area (TPSA) is 23.3 Å². The van der Waals surface area contributed by atoms with Crippen LogP contribution < -0.4 is 4.90 Å². The number of anilines is 1. The van der Waals surface area contributed by atoms with Gasteiger partial charge in [-0.3, -0.25) is 0 Å². The van der Waals surface area contributed by atoms with Crippen molar-refractivity contribution in [3.63, 3.8) is 0 Å². The summed E-state index contributed by atoms with van der Waals surface area (Å²) in [6, 6.07) is 17.6. The van der Waals surface area contributed by atoms with Crippen LogP contribution in [-0.4, -0.2) is 29.7 Å². The zero-order valence-electron chi connectivity index (χ0n) is 21.5. The van der Waals surface area contributed by atoms with E-state index in [4.69, 9.17) is 0 Å². The van der Waals surface area contributed by atoms with Crippen LogP contribution in [0.4, 0.5) is 11.4 Å². The molecule has 2 aliphatic rings. The van der Waals surface area contributed by atoms with Crippen molar-refractivity contribution in [3.05, 3.63) is 83.6 Å². The average molecular weight is 456 g/mol. The van der Waals surface area contributed by atoms with E-state index < -0.39 is 0 Å². The van der Waals surface area contributed by atoms with E-state index in [9.17, 15) is 4.79 Å². The molecule has 2 aromatic carbocycles. The van der Waals surface area contributed by atoms with Crippen LogP contribution in [0.25, 0.3) is 0 Å². The lowest BCUT2D eigenvalue weighted by Crippen LogP contribution is -2.28. The SMILES string of the molecule is CCN1/C(=C/C=C/C2=[N+](CCCCCC=O)c3ccccc3C2(C)C)C(C)(C)c2ccccc21. The lowest BCUT2D eigenvalue weighted by atomic mass is 9.81. The molecular formula is C31H39N2O+. The minimum absolute atomic E-state index is 0.0198. The predicted octanol–water partition coefficient (Wildman–Crippen LogP) is 7.08. The molecule has 4 rings (SSSR count). The van der Waals surface area contributed by atoms with Crippen LogP contribution in [0.2, 0.25) is 0 Å². The van der Waals surface area contributed by atoms with Crippen LogP contribution in [0.1, 0.15) is 71.4 Å². The van der Waals surface area contributed by atoms with Crippen LogP contribution in [0.5, 0.6) is 0 Å². The number of unbranched alkanes of at least 4 members (excludes halogenated alkanes) is 3. The third-order valence-corrected chi connectivity index (χ3v) is 7.63. The molecule has 0 amide bonds. The zero-order chi connectivity index (χ0) is 24.3. The summed E-state index contributed by atoms with van der Waals surface area (Å²) in [4.78, 5) is 13.1. The molecule has 3 nitrogen and oxygen atoms in total. The molecule has 0 bridgehead atoms. The minimum atomic E-state index is -0.0486. The van der Waals surface area contributed by atoms with Crippen molar-refractivity contribution >= 4 is 23.4 Å². The quantitative estimate of drug-likeness (QED) is 0.229. The van der Waals surface area contributed by atoms with Crippen LogP contribution in [0.15, 0.2) is 72.5 Å². The molecule has 34 heavy (non-hydrogen) atoms. The standard InChI is InChI=1S/C31H39N2O/c1-6-32-26-18-11-9-16-24(26)30(2,3)28(32)20-15-21-29-31(4,5)25-17-10-12-19-27(25)33(29)22-13-7-8-14-23-34/h9-12,15-21,23H,6-8,13-14,22H2,1-5H3/q+1. The van der Waals surface area contributed by atoms with Gasteiger partial charge < -0.3 is 9.69 Å². The van der Waals surface area contributed by atoms with Crippen molar-refractivity contribution in [1.82, 2.24) is 0 Å². The molecule has 0 saturated carbocycles. The van der Waals surface area contributed by atoms with Crippen molar-refractivity contribution in [2.24, 2.45) is 0 Å². The fourth-order valence-electron chi connectivity index (χ4n) is 5.77. The van der Waals surface area contributed by atoms with Crippen LogP contribution in [0.3, 0.4) is 0 Å². The molecule has 0 unspecified atom stereocenters. The van der Waals surface area contributed by atoms with E-state index in [1.807, 2.05) is 0 Å². The second-order valence-corrected chi connectivity index (χ2v) is 10.5. The number of para-hydroxylation sites is 2. The summed E-state index contributed by atoms with van der Waals surface area (Å²) >= 11 is 0. The molecule has 0 radical (unpaired) electrons. The van der Waals surface area contributed by atoms with Gasteiger partial charge in [-0.25, -0.2) is 0 Å². The number of fused-ring (bicyclic) bond motifs is 2. The number of carbonyl (C=O) groups excluding carboxylic acids is 1. The van der Waals surface area contributed by atoms with Gasteiger partial charge in [0.05, 0.1) is 5.41 Å². The van der Waals surface area contributed by atoms with Gasteiger partial charge in [-0.2, -0.15) is 4.58 Å².